The van der Waals surface area contributed by atoms with Gasteiger partial charge in [0.15, 0.2) is 5.82 Å². The van der Waals surface area contributed by atoms with E-state index in [1.165, 1.54) is 28.4 Å². The van der Waals surface area contributed by atoms with Crippen molar-refractivity contribution in [2.45, 2.75) is 28.8 Å². The summed E-state index contributed by atoms with van der Waals surface area (Å²) < 4.78 is 30.1. The van der Waals surface area contributed by atoms with Gasteiger partial charge in [0.05, 0.1) is 10.5 Å². The van der Waals surface area contributed by atoms with Crippen LogP contribution in [-0.4, -0.2) is 86.8 Å². The van der Waals surface area contributed by atoms with Crippen LogP contribution >= 0.6 is 35.0 Å². The normalized spacial score (nSPS) is 14.3. The largest absolute Gasteiger partial charge is 0.381 e. The lowest BCUT2D eigenvalue weighted by molar-refractivity contribution is 0.250. The summed E-state index contributed by atoms with van der Waals surface area (Å²) in [6, 6.07) is 37.8. The van der Waals surface area contributed by atoms with Crippen LogP contribution < -0.4 is 14.9 Å². The Bertz CT molecular complexity index is 2360. The number of nitrogens with one attached hydrogen (secondary N) is 2. The van der Waals surface area contributed by atoms with Crippen LogP contribution in [0.2, 0.25) is 10.0 Å². The first kappa shape index (κ1) is 39.9. The topological polar surface area (TPSA) is 93.7 Å². The maximum absolute atomic E-state index is 13.7. The Hall–Kier alpha value is -4.36. The van der Waals surface area contributed by atoms with Gasteiger partial charge in [-0.2, -0.15) is 0 Å². The number of aromatic nitrogens is 2. The molecule has 0 spiro atoms. The second-order valence-electron chi connectivity index (χ2n) is 14.2. The molecule has 0 unspecified atom stereocenters. The first-order chi connectivity index (χ1) is 27.1. The van der Waals surface area contributed by atoms with Crippen molar-refractivity contribution in [3.05, 3.63) is 137 Å². The summed E-state index contributed by atoms with van der Waals surface area (Å²) in [5.41, 5.74) is 6.10. The third-order valence-electron chi connectivity index (χ3n) is 9.87. The molecule has 0 radical (unpaired) electrons. The van der Waals surface area contributed by atoms with E-state index in [2.05, 4.69) is 97.3 Å². The highest BCUT2D eigenvalue weighted by Crippen LogP contribution is 2.32. The van der Waals surface area contributed by atoms with E-state index >= 15 is 0 Å². The number of anilines is 3. The Morgan fingerprint density at radius 3 is 2.34 bits per heavy atom. The number of rotatable bonds is 15. The van der Waals surface area contributed by atoms with Crippen molar-refractivity contribution >= 4 is 73.1 Å². The zero-order chi connectivity index (χ0) is 39.1. The minimum absolute atomic E-state index is 0.0229. The predicted octanol–water partition coefficient (Wildman–Crippen LogP) is 9.25. The second-order valence-corrected chi connectivity index (χ2v) is 17.7. The van der Waals surface area contributed by atoms with Gasteiger partial charge in [-0.1, -0.05) is 77.8 Å². The van der Waals surface area contributed by atoms with Gasteiger partial charge >= 0.3 is 0 Å². The molecule has 2 N–H and O–H groups in total. The number of piperazine rings is 1. The molecule has 1 aromatic heterocycles. The molecule has 0 bridgehead atoms. The summed E-state index contributed by atoms with van der Waals surface area (Å²) in [5, 5.41) is 5.03. The summed E-state index contributed by atoms with van der Waals surface area (Å²) in [7, 11) is 0.0425. The second kappa shape index (κ2) is 18.3. The molecule has 1 aliphatic rings. The molecule has 0 saturated carbocycles. The molecule has 290 valence electrons. The molecule has 2 heterocycles. The van der Waals surface area contributed by atoms with Crippen LogP contribution in [0.5, 0.6) is 0 Å². The van der Waals surface area contributed by atoms with Gasteiger partial charge in [0.25, 0.3) is 10.0 Å². The summed E-state index contributed by atoms with van der Waals surface area (Å²) in [5.74, 6) is 1.04. The molecule has 1 aliphatic heterocycles. The van der Waals surface area contributed by atoms with E-state index in [-0.39, 0.29) is 21.8 Å². The molecule has 1 saturated heterocycles. The van der Waals surface area contributed by atoms with E-state index in [0.29, 0.717) is 10.9 Å². The van der Waals surface area contributed by atoms with Gasteiger partial charge in [-0.3, -0.25) is 9.62 Å². The van der Waals surface area contributed by atoms with Crippen molar-refractivity contribution in [2.75, 3.05) is 67.5 Å². The van der Waals surface area contributed by atoms with Gasteiger partial charge in [0.2, 0.25) is 0 Å². The van der Waals surface area contributed by atoms with Gasteiger partial charge in [-0.15, -0.1) is 11.8 Å². The van der Waals surface area contributed by atoms with Crippen LogP contribution in [0.3, 0.4) is 0 Å². The lowest BCUT2D eigenvalue weighted by atomic mass is 9.99. The lowest BCUT2D eigenvalue weighted by Gasteiger charge is -2.36. The minimum atomic E-state index is -4.07. The number of hydrogen-bond donors (Lipinski definition) is 2. The van der Waals surface area contributed by atoms with Crippen molar-refractivity contribution in [1.29, 1.82) is 0 Å². The molecule has 9 nitrogen and oxygen atoms in total. The number of thioether (sulfide) groups is 1. The van der Waals surface area contributed by atoms with Crippen molar-refractivity contribution in [3.8, 4) is 11.1 Å². The van der Waals surface area contributed by atoms with Crippen LogP contribution in [0.4, 0.5) is 17.2 Å². The Balaban J connectivity index is 0.994. The number of nitrogens with zero attached hydrogens (tertiary/aromatic N) is 5. The smallest absolute Gasteiger partial charge is 0.264 e. The number of benzene rings is 5. The van der Waals surface area contributed by atoms with E-state index in [4.69, 9.17) is 23.2 Å². The van der Waals surface area contributed by atoms with E-state index in [9.17, 15) is 8.42 Å². The minimum Gasteiger partial charge on any atom is -0.381 e. The highest BCUT2D eigenvalue weighted by molar-refractivity contribution is 7.99. The molecule has 1 atom stereocenters. The number of sulfonamides is 1. The maximum atomic E-state index is 13.7. The van der Waals surface area contributed by atoms with Crippen molar-refractivity contribution in [1.82, 2.24) is 19.8 Å². The monoisotopic (exact) mass is 825 g/mol. The average molecular weight is 827 g/mol. The fourth-order valence-corrected chi connectivity index (χ4v) is 9.54. The van der Waals surface area contributed by atoms with Gasteiger partial charge in [0, 0.05) is 71.2 Å². The molecule has 5 aromatic carbocycles. The summed E-state index contributed by atoms with van der Waals surface area (Å²) in [6.07, 6.45) is 2.29. The van der Waals surface area contributed by atoms with Crippen molar-refractivity contribution < 1.29 is 8.42 Å². The molecule has 56 heavy (non-hydrogen) atoms. The number of hydrogen-bond acceptors (Lipinski definition) is 9. The van der Waals surface area contributed by atoms with E-state index in [0.717, 1.165) is 73.4 Å². The van der Waals surface area contributed by atoms with Crippen LogP contribution in [0.25, 0.3) is 22.0 Å². The fraction of sp³-hybridized carbons (Fsp3) is 0.256. The molecular weight excluding hydrogens is 782 g/mol. The van der Waals surface area contributed by atoms with E-state index in [1.807, 2.05) is 48.5 Å². The van der Waals surface area contributed by atoms with Gasteiger partial charge in [-0.25, -0.2) is 18.4 Å². The van der Waals surface area contributed by atoms with Crippen molar-refractivity contribution in [3.63, 3.8) is 0 Å². The Kier molecular flexibility index (Phi) is 13.0. The summed E-state index contributed by atoms with van der Waals surface area (Å²) in [6.45, 7) is 5.27. The molecule has 1 fully saturated rings. The lowest BCUT2D eigenvalue weighted by Crippen LogP contribution is -2.46. The van der Waals surface area contributed by atoms with Gasteiger partial charge in [0.1, 0.15) is 11.2 Å². The average Bonchev–Trinajstić information content (AvgIpc) is 3.20. The maximum Gasteiger partial charge on any atom is 0.264 e. The number of halogens is 2. The third kappa shape index (κ3) is 10.1. The van der Waals surface area contributed by atoms with Crippen LogP contribution in [-0.2, 0) is 16.6 Å². The highest BCUT2D eigenvalue weighted by atomic mass is 35.5. The Morgan fingerprint density at radius 2 is 1.59 bits per heavy atom. The molecule has 7 rings (SSSR count). The van der Waals surface area contributed by atoms with Gasteiger partial charge < -0.3 is 15.1 Å². The van der Waals surface area contributed by atoms with Crippen LogP contribution in [0.1, 0.15) is 12.0 Å². The van der Waals surface area contributed by atoms with Crippen molar-refractivity contribution in [2.24, 2.45) is 0 Å². The first-order valence-corrected chi connectivity index (χ1v) is 21.8. The van der Waals surface area contributed by atoms with E-state index < -0.39 is 10.0 Å². The Morgan fingerprint density at radius 1 is 0.839 bits per heavy atom. The summed E-state index contributed by atoms with van der Waals surface area (Å²) in [4.78, 5) is 17.0. The molecule has 13 heteroatoms. The van der Waals surface area contributed by atoms with E-state index in [1.54, 1.807) is 23.9 Å². The summed E-state index contributed by atoms with van der Waals surface area (Å²) >= 11 is 14.6. The Labute approximate surface area is 344 Å². The zero-order valence-corrected chi connectivity index (χ0v) is 34.6. The molecule has 0 aliphatic carbocycles. The predicted molar refractivity (Wildman–Crippen MR) is 234 cm³/mol. The highest BCUT2D eigenvalue weighted by Gasteiger charge is 2.23. The quantitative estimate of drug-likeness (QED) is 0.0984. The SMILES string of the molecule is CN(C)CC[C@H](CSc1ccccc1)Nc1ccc(S(=O)(=O)Nc2ncnc3cc(N4CCN(Cc5ccccc5-c5ccc(Cl)cc5)CC4)ccc23)c(Cl)c1. The third-order valence-corrected chi connectivity index (χ3v) is 13.1. The standard InChI is InChI=1S/C43H45Cl2N7O2S2/c1-50(2)21-20-35(29-55-37-9-4-3-5-10-37)48-34-16-19-42(40(45)26-34)56(53,54)49-43-39-18-17-36(27-41(39)46-30-47-43)52-24-22-51(23-25-52)28-32-8-6-7-11-38(32)31-12-14-33(44)15-13-31/h3-19,26-27,30,35,48H,20-25,28-29H2,1-2H3,(H,46,47,49)/t35-/m1/s1. The van der Waals surface area contributed by atoms with Crippen LogP contribution in [0, 0.1) is 0 Å². The molecular formula is C43H45Cl2N7O2S2. The van der Waals surface area contributed by atoms with Gasteiger partial charge in [-0.05, 0) is 104 Å². The first-order valence-electron chi connectivity index (χ1n) is 18.6. The zero-order valence-electron chi connectivity index (χ0n) is 31.4. The van der Waals surface area contributed by atoms with Crippen LogP contribution in [0.15, 0.2) is 131 Å². The molecule has 6 aromatic rings. The fourth-order valence-electron chi connectivity index (χ4n) is 6.85. The molecule has 0 amide bonds. The number of fused-ring (bicyclic) bond motifs is 1.